The van der Waals surface area contributed by atoms with Crippen LogP contribution in [0.2, 0.25) is 0 Å². The van der Waals surface area contributed by atoms with Crippen molar-refractivity contribution in [1.29, 1.82) is 0 Å². The highest BCUT2D eigenvalue weighted by Crippen LogP contribution is 2.29. The van der Waals surface area contributed by atoms with Crippen molar-refractivity contribution in [3.8, 4) is 28.6 Å². The largest absolute Gasteiger partial charge is 0.497 e. The summed E-state index contributed by atoms with van der Waals surface area (Å²) >= 11 is 0. The van der Waals surface area contributed by atoms with Gasteiger partial charge in [0.2, 0.25) is 11.7 Å². The number of nitrogens with zero attached hydrogens (tertiary/aromatic N) is 4. The number of hydrogen-bond acceptors (Lipinski definition) is 7. The Morgan fingerprint density at radius 1 is 1.12 bits per heavy atom. The molecule has 164 valence electrons. The number of anilines is 1. The van der Waals surface area contributed by atoms with Gasteiger partial charge in [0.05, 0.1) is 36.9 Å². The summed E-state index contributed by atoms with van der Waals surface area (Å²) < 4.78 is 17.4. The molecule has 0 aliphatic rings. The smallest absolute Gasteiger partial charge is 0.259 e. The molecule has 0 unspecified atom stereocenters. The van der Waals surface area contributed by atoms with Crippen molar-refractivity contribution in [2.24, 2.45) is 0 Å². The highest BCUT2D eigenvalue weighted by atomic mass is 16.5. The topological polar surface area (TPSA) is 104 Å². The Kier molecular flexibility index (Phi) is 5.89. The molecule has 2 aromatic carbocycles. The summed E-state index contributed by atoms with van der Waals surface area (Å²) in [5, 5.41) is 11.3. The molecule has 4 aromatic rings. The lowest BCUT2D eigenvalue weighted by Gasteiger charge is -2.11. The van der Waals surface area contributed by atoms with Gasteiger partial charge in [-0.15, -0.1) is 0 Å². The highest BCUT2D eigenvalue weighted by Gasteiger charge is 2.17. The minimum absolute atomic E-state index is 0.296. The van der Waals surface area contributed by atoms with Crippen molar-refractivity contribution in [2.45, 2.75) is 20.3 Å². The number of aromatic nitrogens is 4. The normalized spacial score (nSPS) is 10.8. The number of carbonyl (C=O) groups is 1. The molecule has 0 radical (unpaired) electrons. The van der Waals surface area contributed by atoms with Gasteiger partial charge in [-0.25, -0.2) is 4.68 Å². The number of methoxy groups -OCH3 is 2. The van der Waals surface area contributed by atoms with E-state index in [0.717, 1.165) is 11.3 Å². The molecule has 1 N–H and O–H groups in total. The third-order valence-corrected chi connectivity index (χ3v) is 4.96. The van der Waals surface area contributed by atoms with Crippen LogP contribution in [0.25, 0.3) is 17.1 Å². The van der Waals surface area contributed by atoms with Crippen molar-refractivity contribution in [3.05, 3.63) is 65.8 Å². The monoisotopic (exact) mass is 433 g/mol. The molecule has 0 spiro atoms. The van der Waals surface area contributed by atoms with Gasteiger partial charge in [-0.1, -0.05) is 12.1 Å². The fourth-order valence-corrected chi connectivity index (χ4v) is 3.20. The van der Waals surface area contributed by atoms with Crippen molar-refractivity contribution in [3.63, 3.8) is 0 Å². The molecule has 0 bridgehead atoms. The van der Waals surface area contributed by atoms with Crippen LogP contribution in [0.1, 0.15) is 28.9 Å². The van der Waals surface area contributed by atoms with Gasteiger partial charge in [-0.2, -0.15) is 10.1 Å². The Balaban J connectivity index is 1.56. The zero-order chi connectivity index (χ0) is 22.7. The van der Waals surface area contributed by atoms with Crippen LogP contribution in [0.5, 0.6) is 11.5 Å². The molecule has 0 atom stereocenters. The zero-order valence-corrected chi connectivity index (χ0v) is 18.2. The number of nitrogens with one attached hydrogen (secondary N) is 1. The maximum absolute atomic E-state index is 12.9. The second-order valence-corrected chi connectivity index (χ2v) is 7.01. The van der Waals surface area contributed by atoms with Crippen LogP contribution >= 0.6 is 0 Å². The Hall–Kier alpha value is -4.14. The Morgan fingerprint density at radius 2 is 1.91 bits per heavy atom. The van der Waals surface area contributed by atoms with E-state index < -0.39 is 0 Å². The van der Waals surface area contributed by atoms with Crippen molar-refractivity contribution >= 4 is 11.6 Å². The predicted molar refractivity (Wildman–Crippen MR) is 118 cm³/mol. The van der Waals surface area contributed by atoms with Gasteiger partial charge in [0.25, 0.3) is 5.91 Å². The highest BCUT2D eigenvalue weighted by molar-refractivity contribution is 6.05. The molecule has 9 heteroatoms. The van der Waals surface area contributed by atoms with Crippen LogP contribution in [0, 0.1) is 6.92 Å². The van der Waals surface area contributed by atoms with Crippen molar-refractivity contribution in [2.75, 3.05) is 19.5 Å². The van der Waals surface area contributed by atoms with E-state index in [2.05, 4.69) is 20.6 Å². The molecule has 32 heavy (non-hydrogen) atoms. The zero-order valence-electron chi connectivity index (χ0n) is 18.2. The molecule has 9 nitrogen and oxygen atoms in total. The molecule has 0 saturated heterocycles. The average molecular weight is 433 g/mol. The molecule has 0 saturated carbocycles. The molecule has 0 fully saturated rings. The average Bonchev–Trinajstić information content (AvgIpc) is 3.46. The summed E-state index contributed by atoms with van der Waals surface area (Å²) in [6.07, 6.45) is 2.37. The Labute approximate surface area is 185 Å². The molecular formula is C23H23N5O4. The maximum atomic E-state index is 12.9. The third-order valence-electron chi connectivity index (χ3n) is 4.96. The summed E-state index contributed by atoms with van der Waals surface area (Å²) in [5.41, 5.74) is 3.20. The molecule has 0 aliphatic carbocycles. The number of hydrogen-bond donors (Lipinski definition) is 1. The van der Waals surface area contributed by atoms with Crippen LogP contribution < -0.4 is 14.8 Å². The molecule has 1 amide bonds. The van der Waals surface area contributed by atoms with Gasteiger partial charge in [0.15, 0.2) is 0 Å². The quantitative estimate of drug-likeness (QED) is 0.469. The van der Waals surface area contributed by atoms with E-state index in [1.807, 2.05) is 31.2 Å². The predicted octanol–water partition coefficient (Wildman–Crippen LogP) is 4.06. The number of carbonyl (C=O) groups excluding carboxylic acids is 1. The minimum atomic E-state index is -0.296. The lowest BCUT2D eigenvalue weighted by Crippen LogP contribution is -2.13. The van der Waals surface area contributed by atoms with Crippen molar-refractivity contribution < 1.29 is 18.8 Å². The lowest BCUT2D eigenvalue weighted by atomic mass is 10.2. The first-order valence-electron chi connectivity index (χ1n) is 10.1. The number of benzene rings is 2. The van der Waals surface area contributed by atoms with Crippen molar-refractivity contribution in [1.82, 2.24) is 19.9 Å². The molecular weight excluding hydrogens is 410 g/mol. The molecule has 2 heterocycles. The minimum Gasteiger partial charge on any atom is -0.497 e. The van der Waals surface area contributed by atoms with E-state index in [0.29, 0.717) is 46.6 Å². The number of amides is 1. The van der Waals surface area contributed by atoms with E-state index in [9.17, 15) is 4.79 Å². The van der Waals surface area contributed by atoms with Crippen LogP contribution in [0.4, 0.5) is 5.69 Å². The van der Waals surface area contributed by atoms with E-state index in [4.69, 9.17) is 14.0 Å². The molecule has 4 rings (SSSR count). The van der Waals surface area contributed by atoms with Gasteiger partial charge >= 0.3 is 0 Å². The number of rotatable bonds is 7. The lowest BCUT2D eigenvalue weighted by molar-refractivity contribution is 0.102. The van der Waals surface area contributed by atoms with Gasteiger partial charge in [-0.3, -0.25) is 4.79 Å². The second kappa shape index (κ2) is 8.93. The van der Waals surface area contributed by atoms with Crippen LogP contribution in [-0.2, 0) is 6.42 Å². The molecule has 2 aromatic heterocycles. The van der Waals surface area contributed by atoms with Crippen LogP contribution in [0.3, 0.4) is 0 Å². The first-order valence-corrected chi connectivity index (χ1v) is 10.1. The van der Waals surface area contributed by atoms with E-state index in [1.54, 1.807) is 50.2 Å². The fourth-order valence-electron chi connectivity index (χ4n) is 3.20. The molecule has 0 aliphatic heterocycles. The van der Waals surface area contributed by atoms with E-state index in [1.165, 1.54) is 0 Å². The van der Waals surface area contributed by atoms with Crippen LogP contribution in [-0.4, -0.2) is 40.0 Å². The Bertz CT molecular complexity index is 1240. The summed E-state index contributed by atoms with van der Waals surface area (Å²) in [6, 6.07) is 12.7. The standard InChI is InChI=1S/C23H23N5O4/c1-5-21-25-22(27-32-21)15-6-8-16(9-7-15)28-13-18(14(2)26-28)23(29)24-19-12-17(30-3)10-11-20(19)31-4/h6-13H,5H2,1-4H3,(H,24,29). The Morgan fingerprint density at radius 3 is 2.56 bits per heavy atom. The van der Waals surface area contributed by atoms with Gasteiger partial charge in [0, 0.05) is 24.2 Å². The van der Waals surface area contributed by atoms with E-state index in [-0.39, 0.29) is 5.91 Å². The van der Waals surface area contributed by atoms with Crippen LogP contribution in [0.15, 0.2) is 53.2 Å². The van der Waals surface area contributed by atoms with Gasteiger partial charge < -0.3 is 19.3 Å². The van der Waals surface area contributed by atoms with Gasteiger partial charge in [-0.05, 0) is 43.3 Å². The maximum Gasteiger partial charge on any atom is 0.259 e. The third kappa shape index (κ3) is 4.18. The summed E-state index contributed by atoms with van der Waals surface area (Å²) in [5.74, 6) is 1.98. The fraction of sp³-hybridized carbons (Fsp3) is 0.217. The first kappa shape index (κ1) is 21.1. The van der Waals surface area contributed by atoms with E-state index >= 15 is 0 Å². The van der Waals surface area contributed by atoms with Gasteiger partial charge in [0.1, 0.15) is 11.5 Å². The summed E-state index contributed by atoms with van der Waals surface area (Å²) in [6.45, 7) is 3.74. The summed E-state index contributed by atoms with van der Waals surface area (Å²) in [4.78, 5) is 17.3. The SMILES string of the molecule is CCc1nc(-c2ccc(-n3cc(C(=O)Nc4cc(OC)ccc4OC)c(C)n3)cc2)no1. The second-order valence-electron chi connectivity index (χ2n) is 7.01. The first-order chi connectivity index (χ1) is 15.5. The number of aryl methyl sites for hydroxylation is 2. The summed E-state index contributed by atoms with van der Waals surface area (Å²) in [7, 11) is 3.11. The number of ether oxygens (including phenoxy) is 2.